The van der Waals surface area contributed by atoms with E-state index in [-0.39, 0.29) is 12.1 Å². The Labute approximate surface area is 82.7 Å². The van der Waals surface area contributed by atoms with Gasteiger partial charge < -0.3 is 10.2 Å². The van der Waals surface area contributed by atoms with Gasteiger partial charge in [-0.15, -0.1) is 0 Å². The summed E-state index contributed by atoms with van der Waals surface area (Å²) in [5.74, 6) is 0.182. The Morgan fingerprint density at radius 1 is 1.36 bits per heavy atom. The maximum Gasteiger partial charge on any atom is 0.257 e. The van der Waals surface area contributed by atoms with Gasteiger partial charge in [0.1, 0.15) is 6.17 Å². The van der Waals surface area contributed by atoms with Crippen molar-refractivity contribution in [3.8, 4) is 0 Å². The molecule has 1 atom stereocenters. The van der Waals surface area contributed by atoms with E-state index in [0.717, 1.165) is 30.6 Å². The van der Waals surface area contributed by atoms with Crippen molar-refractivity contribution in [1.82, 2.24) is 4.90 Å². The third kappa shape index (κ3) is 0.953. The van der Waals surface area contributed by atoms with Gasteiger partial charge in [0.25, 0.3) is 5.91 Å². The number of hydrogen-bond donors (Lipinski definition) is 1. The van der Waals surface area contributed by atoms with Crippen LogP contribution in [0.2, 0.25) is 0 Å². The largest absolute Gasteiger partial charge is 0.364 e. The van der Waals surface area contributed by atoms with Crippen molar-refractivity contribution in [2.45, 2.75) is 19.0 Å². The standard InChI is InChI=1S/C11H12N2O/c14-11-8-4-1-2-5-9(8)12-10-6-3-7-13(10)11/h1-2,4-5,10,12H,3,6-7H2/t10-/m1/s1. The molecular formula is C11H12N2O. The molecule has 0 spiro atoms. The molecule has 2 aliphatic rings. The molecule has 2 heterocycles. The maximum absolute atomic E-state index is 12.0. The van der Waals surface area contributed by atoms with Crippen LogP contribution in [0.5, 0.6) is 0 Å². The molecule has 1 N–H and O–H groups in total. The monoisotopic (exact) mass is 188 g/mol. The van der Waals surface area contributed by atoms with Crippen molar-refractivity contribution in [3.63, 3.8) is 0 Å². The van der Waals surface area contributed by atoms with E-state index in [1.165, 1.54) is 0 Å². The number of benzene rings is 1. The summed E-state index contributed by atoms with van der Waals surface area (Å²) in [4.78, 5) is 13.9. The summed E-state index contributed by atoms with van der Waals surface area (Å²) in [6.45, 7) is 0.894. The van der Waals surface area contributed by atoms with Gasteiger partial charge in [-0.25, -0.2) is 0 Å². The molecule has 0 bridgehead atoms. The van der Waals surface area contributed by atoms with Crippen LogP contribution in [0.1, 0.15) is 23.2 Å². The van der Waals surface area contributed by atoms with Gasteiger partial charge in [-0.1, -0.05) is 12.1 Å². The molecule has 3 heteroatoms. The maximum atomic E-state index is 12.0. The highest BCUT2D eigenvalue weighted by atomic mass is 16.2. The van der Waals surface area contributed by atoms with Crippen LogP contribution < -0.4 is 5.32 Å². The van der Waals surface area contributed by atoms with E-state index in [4.69, 9.17) is 0 Å². The third-order valence-corrected chi connectivity index (χ3v) is 2.99. The zero-order valence-electron chi connectivity index (χ0n) is 7.86. The van der Waals surface area contributed by atoms with Crippen molar-refractivity contribution >= 4 is 11.6 Å². The summed E-state index contributed by atoms with van der Waals surface area (Å²) in [6, 6.07) is 7.74. The predicted octanol–water partition coefficient (Wildman–Crippen LogP) is 1.67. The fourth-order valence-electron chi connectivity index (χ4n) is 2.29. The van der Waals surface area contributed by atoms with Crippen LogP contribution >= 0.6 is 0 Å². The van der Waals surface area contributed by atoms with Crippen LogP contribution in [0, 0.1) is 0 Å². The Bertz CT molecular complexity index is 389. The number of nitrogens with one attached hydrogen (secondary N) is 1. The lowest BCUT2D eigenvalue weighted by Crippen LogP contribution is -2.44. The molecule has 0 unspecified atom stereocenters. The molecule has 14 heavy (non-hydrogen) atoms. The lowest BCUT2D eigenvalue weighted by Gasteiger charge is -2.32. The van der Waals surface area contributed by atoms with Gasteiger partial charge in [0.05, 0.1) is 5.56 Å². The number of carbonyl (C=O) groups excluding carboxylic acids is 1. The molecule has 0 radical (unpaired) electrons. The molecule has 3 rings (SSSR count). The highest BCUT2D eigenvalue weighted by molar-refractivity contribution is 6.01. The molecule has 0 aliphatic carbocycles. The molecule has 0 saturated carbocycles. The van der Waals surface area contributed by atoms with E-state index in [1.54, 1.807) is 0 Å². The van der Waals surface area contributed by atoms with E-state index in [0.29, 0.717) is 0 Å². The average Bonchev–Trinajstić information content (AvgIpc) is 2.66. The number of amides is 1. The highest BCUT2D eigenvalue weighted by Crippen LogP contribution is 2.30. The summed E-state index contributed by atoms with van der Waals surface area (Å²) in [6.07, 6.45) is 2.41. The Morgan fingerprint density at radius 2 is 2.21 bits per heavy atom. The summed E-state index contributed by atoms with van der Waals surface area (Å²) < 4.78 is 0. The summed E-state index contributed by atoms with van der Waals surface area (Å²) in [7, 11) is 0. The second-order valence-electron chi connectivity index (χ2n) is 3.85. The zero-order chi connectivity index (χ0) is 9.54. The lowest BCUT2D eigenvalue weighted by atomic mass is 10.1. The van der Waals surface area contributed by atoms with Crippen LogP contribution in [0.4, 0.5) is 5.69 Å². The smallest absolute Gasteiger partial charge is 0.257 e. The van der Waals surface area contributed by atoms with Crippen LogP contribution in [0.3, 0.4) is 0 Å². The average molecular weight is 188 g/mol. The minimum atomic E-state index is 0.182. The molecular weight excluding hydrogens is 176 g/mol. The van der Waals surface area contributed by atoms with Crippen molar-refractivity contribution in [2.75, 3.05) is 11.9 Å². The molecule has 2 aliphatic heterocycles. The van der Waals surface area contributed by atoms with E-state index < -0.39 is 0 Å². The second kappa shape index (κ2) is 2.74. The summed E-state index contributed by atoms with van der Waals surface area (Å²) >= 11 is 0. The SMILES string of the molecule is O=C1c2ccccc2N[C@H]2CCCN12. The first-order chi connectivity index (χ1) is 6.86. The number of anilines is 1. The highest BCUT2D eigenvalue weighted by Gasteiger charge is 2.34. The van der Waals surface area contributed by atoms with Gasteiger partial charge in [-0.3, -0.25) is 4.79 Å². The predicted molar refractivity (Wildman–Crippen MR) is 54.1 cm³/mol. The van der Waals surface area contributed by atoms with Crippen molar-refractivity contribution in [2.24, 2.45) is 0 Å². The topological polar surface area (TPSA) is 32.3 Å². The van der Waals surface area contributed by atoms with Crippen molar-refractivity contribution in [3.05, 3.63) is 29.8 Å². The van der Waals surface area contributed by atoms with Gasteiger partial charge in [-0.2, -0.15) is 0 Å². The van der Waals surface area contributed by atoms with E-state index in [9.17, 15) is 4.79 Å². The summed E-state index contributed by atoms with van der Waals surface area (Å²) in [5.41, 5.74) is 1.80. The molecule has 72 valence electrons. The quantitative estimate of drug-likeness (QED) is 0.671. The molecule has 1 saturated heterocycles. The fraction of sp³-hybridized carbons (Fsp3) is 0.364. The first-order valence-electron chi connectivity index (χ1n) is 5.03. The van der Waals surface area contributed by atoms with E-state index in [1.807, 2.05) is 29.2 Å². The zero-order valence-corrected chi connectivity index (χ0v) is 7.86. The third-order valence-electron chi connectivity index (χ3n) is 2.99. The number of para-hydroxylation sites is 1. The van der Waals surface area contributed by atoms with E-state index in [2.05, 4.69) is 5.32 Å². The summed E-state index contributed by atoms with van der Waals surface area (Å²) in [5, 5.41) is 3.39. The van der Waals surface area contributed by atoms with Gasteiger partial charge in [0, 0.05) is 12.2 Å². The Kier molecular flexibility index (Phi) is 1.54. The lowest BCUT2D eigenvalue weighted by molar-refractivity contribution is 0.0740. The molecule has 0 aromatic heterocycles. The molecule has 1 aromatic carbocycles. The number of rotatable bonds is 0. The number of hydrogen-bond acceptors (Lipinski definition) is 2. The Balaban J connectivity index is 2.08. The Hall–Kier alpha value is -1.51. The van der Waals surface area contributed by atoms with Crippen molar-refractivity contribution < 1.29 is 4.79 Å². The second-order valence-corrected chi connectivity index (χ2v) is 3.85. The molecule has 3 nitrogen and oxygen atoms in total. The van der Waals surface area contributed by atoms with Crippen LogP contribution in [0.25, 0.3) is 0 Å². The van der Waals surface area contributed by atoms with Crippen LogP contribution in [-0.2, 0) is 0 Å². The van der Waals surface area contributed by atoms with Crippen LogP contribution in [-0.4, -0.2) is 23.5 Å². The normalized spacial score (nSPS) is 24.1. The number of fused-ring (bicyclic) bond motifs is 2. The minimum absolute atomic E-state index is 0.182. The van der Waals surface area contributed by atoms with Crippen LogP contribution in [0.15, 0.2) is 24.3 Å². The first kappa shape index (κ1) is 7.85. The molecule has 1 amide bonds. The minimum Gasteiger partial charge on any atom is -0.364 e. The van der Waals surface area contributed by atoms with Crippen molar-refractivity contribution in [1.29, 1.82) is 0 Å². The van der Waals surface area contributed by atoms with Gasteiger partial charge in [0.15, 0.2) is 0 Å². The number of carbonyl (C=O) groups is 1. The Morgan fingerprint density at radius 3 is 3.14 bits per heavy atom. The molecule has 1 fully saturated rings. The molecule has 1 aromatic rings. The van der Waals surface area contributed by atoms with E-state index >= 15 is 0 Å². The number of nitrogens with zero attached hydrogens (tertiary/aromatic N) is 1. The van der Waals surface area contributed by atoms with Gasteiger partial charge in [0.2, 0.25) is 0 Å². The van der Waals surface area contributed by atoms with Gasteiger partial charge in [-0.05, 0) is 25.0 Å². The fourth-order valence-corrected chi connectivity index (χ4v) is 2.29. The van der Waals surface area contributed by atoms with Gasteiger partial charge >= 0.3 is 0 Å². The first-order valence-corrected chi connectivity index (χ1v) is 5.03.